The topological polar surface area (TPSA) is 69.6 Å². The Bertz CT molecular complexity index is 361. The van der Waals surface area contributed by atoms with Gasteiger partial charge in [0.1, 0.15) is 0 Å². The Morgan fingerprint density at radius 1 is 1.21 bits per heavy atom. The maximum absolute atomic E-state index is 12.3. The van der Waals surface area contributed by atoms with Crippen LogP contribution in [0.4, 0.5) is 4.79 Å². The standard InChI is InChI=1S/C14H24N2O3/c1-14(2,3)15-13(19)16-10-4-5-11(16)7-9(6-10)8-12(17)18/h9-11H,4-8H2,1-3H3,(H,15,19)(H,17,18). The molecule has 5 nitrogen and oxygen atoms in total. The van der Waals surface area contributed by atoms with E-state index in [1.165, 1.54) is 0 Å². The fourth-order valence-electron chi connectivity index (χ4n) is 3.42. The van der Waals surface area contributed by atoms with E-state index in [1.54, 1.807) is 0 Å². The van der Waals surface area contributed by atoms with Gasteiger partial charge in [0.05, 0.1) is 0 Å². The van der Waals surface area contributed by atoms with Crippen LogP contribution in [0.3, 0.4) is 0 Å². The molecule has 2 N–H and O–H groups in total. The van der Waals surface area contributed by atoms with E-state index in [0.717, 1.165) is 25.7 Å². The molecule has 19 heavy (non-hydrogen) atoms. The van der Waals surface area contributed by atoms with Crippen LogP contribution in [0.5, 0.6) is 0 Å². The van der Waals surface area contributed by atoms with Crippen LogP contribution in [0.15, 0.2) is 0 Å². The van der Waals surface area contributed by atoms with Crippen molar-refractivity contribution >= 4 is 12.0 Å². The van der Waals surface area contributed by atoms with Gasteiger partial charge in [0.15, 0.2) is 0 Å². The van der Waals surface area contributed by atoms with Crippen LogP contribution in [-0.2, 0) is 4.79 Å². The Morgan fingerprint density at radius 3 is 2.16 bits per heavy atom. The van der Waals surface area contributed by atoms with Gasteiger partial charge >= 0.3 is 12.0 Å². The van der Waals surface area contributed by atoms with Crippen molar-refractivity contribution in [2.45, 2.75) is 70.5 Å². The number of urea groups is 1. The fourth-order valence-corrected chi connectivity index (χ4v) is 3.42. The molecule has 2 amide bonds. The summed E-state index contributed by atoms with van der Waals surface area (Å²) in [5.74, 6) is -0.495. The van der Waals surface area contributed by atoms with E-state index in [1.807, 2.05) is 25.7 Å². The summed E-state index contributed by atoms with van der Waals surface area (Å²) in [5.41, 5.74) is -0.228. The molecule has 0 aromatic heterocycles. The monoisotopic (exact) mass is 268 g/mol. The molecule has 5 heteroatoms. The number of aliphatic carboxylic acids is 1. The highest BCUT2D eigenvalue weighted by Crippen LogP contribution is 2.39. The number of piperidine rings is 1. The Kier molecular flexibility index (Phi) is 3.74. The van der Waals surface area contributed by atoms with Crippen molar-refractivity contribution in [3.8, 4) is 0 Å². The Morgan fingerprint density at radius 2 is 1.74 bits per heavy atom. The van der Waals surface area contributed by atoms with Gasteiger partial charge in [0.2, 0.25) is 0 Å². The molecule has 2 rings (SSSR count). The summed E-state index contributed by atoms with van der Waals surface area (Å²) < 4.78 is 0. The minimum absolute atomic E-state index is 0.00813. The van der Waals surface area contributed by atoms with Crippen LogP contribution < -0.4 is 5.32 Å². The Hall–Kier alpha value is -1.26. The number of rotatable bonds is 2. The predicted octanol–water partition coefficient (Wildman–Crippen LogP) is 2.21. The number of hydrogen-bond acceptors (Lipinski definition) is 2. The van der Waals surface area contributed by atoms with Gasteiger partial charge in [-0.3, -0.25) is 4.79 Å². The summed E-state index contributed by atoms with van der Waals surface area (Å²) in [5, 5.41) is 11.9. The van der Waals surface area contributed by atoms with Crippen molar-refractivity contribution in [2.75, 3.05) is 0 Å². The lowest BCUT2D eigenvalue weighted by Gasteiger charge is -2.40. The van der Waals surface area contributed by atoms with Crippen LogP contribution in [0.1, 0.15) is 52.9 Å². The first-order valence-electron chi connectivity index (χ1n) is 7.08. The van der Waals surface area contributed by atoms with E-state index in [2.05, 4.69) is 5.32 Å². The van der Waals surface area contributed by atoms with E-state index >= 15 is 0 Å². The van der Waals surface area contributed by atoms with Gasteiger partial charge in [0.25, 0.3) is 0 Å². The molecule has 2 saturated heterocycles. The predicted molar refractivity (Wildman–Crippen MR) is 71.9 cm³/mol. The zero-order valence-electron chi connectivity index (χ0n) is 12.0. The molecule has 2 bridgehead atoms. The molecule has 2 heterocycles. The van der Waals surface area contributed by atoms with E-state index in [9.17, 15) is 9.59 Å². The van der Waals surface area contributed by atoms with E-state index in [4.69, 9.17) is 5.11 Å². The fraction of sp³-hybridized carbons (Fsp3) is 0.857. The molecule has 108 valence electrons. The summed E-state index contributed by atoms with van der Waals surface area (Å²) in [4.78, 5) is 25.1. The number of carboxylic acids is 1. The van der Waals surface area contributed by atoms with Gasteiger partial charge in [0, 0.05) is 24.0 Å². The zero-order chi connectivity index (χ0) is 14.2. The average molecular weight is 268 g/mol. The van der Waals surface area contributed by atoms with E-state index in [0.29, 0.717) is 0 Å². The van der Waals surface area contributed by atoms with Gasteiger partial charge in [-0.15, -0.1) is 0 Å². The third-order valence-electron chi connectivity index (χ3n) is 4.01. The van der Waals surface area contributed by atoms with Gasteiger partial charge in [-0.2, -0.15) is 0 Å². The van der Waals surface area contributed by atoms with Crippen molar-refractivity contribution in [1.29, 1.82) is 0 Å². The molecule has 0 radical (unpaired) electrons. The smallest absolute Gasteiger partial charge is 0.318 e. The van der Waals surface area contributed by atoms with Crippen molar-refractivity contribution in [2.24, 2.45) is 5.92 Å². The lowest BCUT2D eigenvalue weighted by atomic mass is 9.88. The highest BCUT2D eigenvalue weighted by molar-refractivity contribution is 5.76. The number of carboxylic acid groups (broad SMARTS) is 1. The first-order chi connectivity index (χ1) is 8.76. The van der Waals surface area contributed by atoms with Crippen molar-refractivity contribution in [3.05, 3.63) is 0 Å². The average Bonchev–Trinajstić information content (AvgIpc) is 2.47. The maximum Gasteiger partial charge on any atom is 0.318 e. The molecular formula is C14H24N2O3. The lowest BCUT2D eigenvalue weighted by Crippen LogP contribution is -2.55. The number of hydrogen-bond donors (Lipinski definition) is 2. The van der Waals surface area contributed by atoms with E-state index in [-0.39, 0.29) is 36.0 Å². The summed E-state index contributed by atoms with van der Waals surface area (Å²) in [7, 11) is 0. The number of carbonyl (C=O) groups excluding carboxylic acids is 1. The zero-order valence-corrected chi connectivity index (χ0v) is 12.0. The molecule has 2 atom stereocenters. The first-order valence-corrected chi connectivity index (χ1v) is 7.08. The normalized spacial score (nSPS) is 30.3. The molecule has 0 aliphatic carbocycles. The van der Waals surface area contributed by atoms with Crippen LogP contribution >= 0.6 is 0 Å². The number of nitrogens with zero attached hydrogens (tertiary/aromatic N) is 1. The molecule has 2 fully saturated rings. The highest BCUT2D eigenvalue weighted by Gasteiger charge is 2.44. The van der Waals surface area contributed by atoms with Crippen molar-refractivity contribution in [3.63, 3.8) is 0 Å². The van der Waals surface area contributed by atoms with E-state index < -0.39 is 5.97 Å². The van der Waals surface area contributed by atoms with Gasteiger partial charge in [-0.25, -0.2) is 4.79 Å². The molecular weight excluding hydrogens is 244 g/mol. The molecule has 0 spiro atoms. The molecule has 0 aromatic carbocycles. The van der Waals surface area contributed by atoms with Crippen LogP contribution in [0.2, 0.25) is 0 Å². The Labute approximate surface area is 114 Å². The largest absolute Gasteiger partial charge is 0.481 e. The number of fused-ring (bicyclic) bond motifs is 2. The van der Waals surface area contributed by atoms with Gasteiger partial charge in [-0.1, -0.05) is 0 Å². The SMILES string of the molecule is CC(C)(C)NC(=O)N1C2CCC1CC(CC(=O)O)C2. The van der Waals surface area contributed by atoms with Crippen LogP contribution in [0.25, 0.3) is 0 Å². The molecule has 2 aliphatic rings. The lowest BCUT2D eigenvalue weighted by molar-refractivity contribution is -0.138. The highest BCUT2D eigenvalue weighted by atomic mass is 16.4. The van der Waals surface area contributed by atoms with Gasteiger partial charge in [-0.05, 0) is 52.4 Å². The first kappa shape index (κ1) is 14.2. The summed E-state index contributed by atoms with van der Waals surface area (Å²) in [6.45, 7) is 5.93. The summed E-state index contributed by atoms with van der Waals surface area (Å²) in [6.07, 6.45) is 3.93. The third kappa shape index (κ3) is 3.39. The minimum Gasteiger partial charge on any atom is -0.481 e. The second-order valence-electron chi connectivity index (χ2n) is 6.91. The third-order valence-corrected chi connectivity index (χ3v) is 4.01. The molecule has 2 aliphatic heterocycles. The number of carbonyl (C=O) groups is 2. The number of amides is 2. The Balaban J connectivity index is 1.99. The van der Waals surface area contributed by atoms with Crippen molar-refractivity contribution in [1.82, 2.24) is 10.2 Å². The van der Waals surface area contributed by atoms with Gasteiger partial charge < -0.3 is 15.3 Å². The second kappa shape index (κ2) is 5.02. The summed E-state index contributed by atoms with van der Waals surface area (Å²) in [6, 6.07) is 0.463. The summed E-state index contributed by atoms with van der Waals surface area (Å²) >= 11 is 0. The van der Waals surface area contributed by atoms with Crippen LogP contribution in [-0.4, -0.2) is 39.6 Å². The molecule has 2 unspecified atom stereocenters. The second-order valence-corrected chi connectivity index (χ2v) is 6.91. The number of nitrogens with one attached hydrogen (secondary N) is 1. The molecule has 0 saturated carbocycles. The van der Waals surface area contributed by atoms with Crippen molar-refractivity contribution < 1.29 is 14.7 Å². The van der Waals surface area contributed by atoms with Crippen LogP contribution in [0, 0.1) is 5.92 Å². The maximum atomic E-state index is 12.3. The minimum atomic E-state index is -0.725. The molecule has 0 aromatic rings. The quantitative estimate of drug-likeness (QED) is 0.806.